The second-order valence-corrected chi connectivity index (χ2v) is 7.20. The van der Waals surface area contributed by atoms with Gasteiger partial charge in [-0.1, -0.05) is 60.1 Å². The Balaban J connectivity index is 1.51. The molecule has 7 heteroatoms. The van der Waals surface area contributed by atoms with Crippen LogP contribution in [0.3, 0.4) is 0 Å². The summed E-state index contributed by atoms with van der Waals surface area (Å²) >= 11 is 6.12. The average molecular weight is 424 g/mol. The van der Waals surface area contributed by atoms with Crippen molar-refractivity contribution in [1.29, 1.82) is 0 Å². The molecule has 0 saturated heterocycles. The van der Waals surface area contributed by atoms with Crippen molar-refractivity contribution in [2.45, 2.75) is 5.92 Å². The maximum atomic E-state index is 12.4. The summed E-state index contributed by atoms with van der Waals surface area (Å²) in [5, 5.41) is 11.8. The molecule has 0 radical (unpaired) electrons. The Labute approximate surface area is 178 Å². The molecule has 0 unspecified atom stereocenters. The number of anilines is 1. The van der Waals surface area contributed by atoms with Crippen molar-refractivity contribution in [3.05, 3.63) is 82.4 Å². The number of fused-ring (bicyclic) bond motifs is 3. The van der Waals surface area contributed by atoms with Gasteiger partial charge in [-0.2, -0.15) is 0 Å². The number of aromatic carboxylic acids is 1. The zero-order valence-corrected chi connectivity index (χ0v) is 16.8. The van der Waals surface area contributed by atoms with E-state index in [0.29, 0.717) is 0 Å². The van der Waals surface area contributed by atoms with Gasteiger partial charge in [-0.15, -0.1) is 0 Å². The van der Waals surface area contributed by atoms with Crippen LogP contribution in [0.2, 0.25) is 5.02 Å². The van der Waals surface area contributed by atoms with Gasteiger partial charge >= 0.3 is 12.1 Å². The minimum atomic E-state index is -1.18. The van der Waals surface area contributed by atoms with Crippen LogP contribution in [0.5, 0.6) is 5.75 Å². The minimum Gasteiger partial charge on any atom is -0.496 e. The SMILES string of the molecule is COc1cc(NC(=O)OCC2c3ccccc3-c3ccccc32)c(Cl)cc1C(=O)O. The van der Waals surface area contributed by atoms with Gasteiger partial charge in [0.15, 0.2) is 0 Å². The lowest BCUT2D eigenvalue weighted by Crippen LogP contribution is -2.18. The number of carboxylic acids is 1. The molecular formula is C23H18ClNO5. The molecule has 0 saturated carbocycles. The summed E-state index contributed by atoms with van der Waals surface area (Å²) in [6.07, 6.45) is -0.691. The van der Waals surface area contributed by atoms with E-state index < -0.39 is 12.1 Å². The molecule has 2 N–H and O–H groups in total. The molecule has 152 valence electrons. The number of ether oxygens (including phenoxy) is 2. The molecule has 30 heavy (non-hydrogen) atoms. The van der Waals surface area contributed by atoms with E-state index in [1.807, 2.05) is 36.4 Å². The summed E-state index contributed by atoms with van der Waals surface area (Å²) in [6.45, 7) is 0.155. The number of methoxy groups -OCH3 is 1. The second kappa shape index (κ2) is 8.08. The van der Waals surface area contributed by atoms with Crippen molar-refractivity contribution in [2.75, 3.05) is 19.0 Å². The van der Waals surface area contributed by atoms with Crippen molar-refractivity contribution in [2.24, 2.45) is 0 Å². The number of amides is 1. The Morgan fingerprint density at radius 2 is 1.63 bits per heavy atom. The first-order valence-electron chi connectivity index (χ1n) is 9.22. The van der Waals surface area contributed by atoms with Gasteiger partial charge < -0.3 is 14.6 Å². The minimum absolute atomic E-state index is 0.0671. The smallest absolute Gasteiger partial charge is 0.411 e. The van der Waals surface area contributed by atoms with Gasteiger partial charge in [0, 0.05) is 12.0 Å². The van der Waals surface area contributed by atoms with Crippen LogP contribution in [-0.2, 0) is 4.74 Å². The van der Waals surface area contributed by atoms with Crippen LogP contribution in [0.1, 0.15) is 27.4 Å². The summed E-state index contributed by atoms with van der Waals surface area (Å²) in [7, 11) is 1.34. The zero-order chi connectivity index (χ0) is 21.3. The third kappa shape index (κ3) is 3.57. The van der Waals surface area contributed by atoms with E-state index in [1.54, 1.807) is 0 Å². The van der Waals surface area contributed by atoms with Crippen LogP contribution < -0.4 is 10.1 Å². The molecule has 0 atom stereocenters. The number of benzene rings is 3. The highest BCUT2D eigenvalue weighted by Crippen LogP contribution is 2.44. The van der Waals surface area contributed by atoms with E-state index in [-0.39, 0.29) is 34.5 Å². The van der Waals surface area contributed by atoms with Crippen LogP contribution in [-0.4, -0.2) is 30.9 Å². The van der Waals surface area contributed by atoms with Gasteiger partial charge in [0.25, 0.3) is 0 Å². The number of carboxylic acid groups (broad SMARTS) is 1. The third-order valence-electron chi connectivity index (χ3n) is 5.10. The van der Waals surface area contributed by atoms with E-state index in [0.717, 1.165) is 22.3 Å². The number of halogens is 1. The van der Waals surface area contributed by atoms with Crippen molar-refractivity contribution in [3.63, 3.8) is 0 Å². The standard InChI is InChI=1S/C23H18ClNO5/c1-29-21-11-20(19(24)10-17(21)22(26)27)25-23(28)30-12-18-15-8-4-2-6-13(15)14-7-3-5-9-16(14)18/h2-11,18H,12H2,1H3,(H,25,28)(H,26,27). The molecule has 4 rings (SSSR count). The van der Waals surface area contributed by atoms with Gasteiger partial charge in [0.2, 0.25) is 0 Å². The molecule has 3 aromatic carbocycles. The molecular weight excluding hydrogens is 406 g/mol. The van der Waals surface area contributed by atoms with Gasteiger partial charge in [0.1, 0.15) is 17.9 Å². The van der Waals surface area contributed by atoms with Crippen LogP contribution >= 0.6 is 11.6 Å². The summed E-state index contributed by atoms with van der Waals surface area (Å²) in [6, 6.07) is 18.7. The number of rotatable bonds is 5. The lowest BCUT2D eigenvalue weighted by Gasteiger charge is -2.15. The lowest BCUT2D eigenvalue weighted by atomic mass is 9.98. The van der Waals surface area contributed by atoms with E-state index in [1.165, 1.54) is 19.2 Å². The van der Waals surface area contributed by atoms with Crippen LogP contribution in [0.15, 0.2) is 60.7 Å². The number of hydrogen-bond acceptors (Lipinski definition) is 4. The molecule has 0 aromatic heterocycles. The Bertz CT molecular complexity index is 1100. The van der Waals surface area contributed by atoms with Crippen molar-refractivity contribution < 1.29 is 24.2 Å². The molecule has 0 bridgehead atoms. The topological polar surface area (TPSA) is 84.9 Å². The average Bonchev–Trinajstić information content (AvgIpc) is 3.07. The fourth-order valence-corrected chi connectivity index (χ4v) is 3.94. The summed E-state index contributed by atoms with van der Waals surface area (Å²) in [5.74, 6) is -1.16. The number of carbonyl (C=O) groups is 2. The second-order valence-electron chi connectivity index (χ2n) is 6.79. The molecule has 0 heterocycles. The fourth-order valence-electron chi connectivity index (χ4n) is 3.73. The molecule has 1 amide bonds. The highest BCUT2D eigenvalue weighted by Gasteiger charge is 2.29. The van der Waals surface area contributed by atoms with Crippen molar-refractivity contribution in [1.82, 2.24) is 0 Å². The predicted octanol–water partition coefficient (Wildman–Crippen LogP) is 5.41. The van der Waals surface area contributed by atoms with E-state index in [2.05, 4.69) is 17.4 Å². The van der Waals surface area contributed by atoms with Crippen LogP contribution in [0.25, 0.3) is 11.1 Å². The van der Waals surface area contributed by atoms with E-state index in [9.17, 15) is 14.7 Å². The monoisotopic (exact) mass is 423 g/mol. The third-order valence-corrected chi connectivity index (χ3v) is 5.41. The molecule has 0 aliphatic heterocycles. The van der Waals surface area contributed by atoms with E-state index >= 15 is 0 Å². The molecule has 1 aliphatic rings. The fraction of sp³-hybridized carbons (Fsp3) is 0.130. The van der Waals surface area contributed by atoms with E-state index in [4.69, 9.17) is 21.1 Å². The molecule has 1 aliphatic carbocycles. The first-order chi connectivity index (χ1) is 14.5. The maximum absolute atomic E-state index is 12.4. The largest absolute Gasteiger partial charge is 0.496 e. The zero-order valence-electron chi connectivity index (χ0n) is 16.0. The molecule has 3 aromatic rings. The summed E-state index contributed by atoms with van der Waals surface area (Å²) in [4.78, 5) is 23.7. The molecule has 6 nitrogen and oxygen atoms in total. The summed E-state index contributed by atoms with van der Waals surface area (Å²) < 4.78 is 10.6. The number of nitrogens with one attached hydrogen (secondary N) is 1. The Morgan fingerprint density at radius 1 is 1.03 bits per heavy atom. The Morgan fingerprint density at radius 3 is 2.20 bits per heavy atom. The first-order valence-corrected chi connectivity index (χ1v) is 9.60. The highest BCUT2D eigenvalue weighted by molar-refractivity contribution is 6.34. The van der Waals surface area contributed by atoms with Gasteiger partial charge in [0.05, 0.1) is 17.8 Å². The Kier molecular flexibility index (Phi) is 5.33. The summed E-state index contributed by atoms with van der Waals surface area (Å²) in [5.41, 5.74) is 4.60. The number of hydrogen-bond donors (Lipinski definition) is 2. The first kappa shape index (κ1) is 19.8. The van der Waals surface area contributed by atoms with Gasteiger partial charge in [-0.25, -0.2) is 9.59 Å². The van der Waals surface area contributed by atoms with Crippen LogP contribution in [0.4, 0.5) is 10.5 Å². The highest BCUT2D eigenvalue weighted by atomic mass is 35.5. The van der Waals surface area contributed by atoms with Gasteiger partial charge in [-0.3, -0.25) is 5.32 Å². The van der Waals surface area contributed by atoms with Crippen LogP contribution in [0, 0.1) is 0 Å². The number of carbonyl (C=O) groups excluding carboxylic acids is 1. The van der Waals surface area contributed by atoms with Crippen molar-refractivity contribution >= 4 is 29.4 Å². The quantitative estimate of drug-likeness (QED) is 0.573. The molecule has 0 fully saturated rings. The van der Waals surface area contributed by atoms with Crippen molar-refractivity contribution in [3.8, 4) is 16.9 Å². The molecule has 0 spiro atoms. The predicted molar refractivity (Wildman–Crippen MR) is 114 cm³/mol. The normalized spacial score (nSPS) is 12.1. The Hall–Kier alpha value is -3.51. The maximum Gasteiger partial charge on any atom is 0.411 e. The van der Waals surface area contributed by atoms with Gasteiger partial charge in [-0.05, 0) is 28.3 Å². The lowest BCUT2D eigenvalue weighted by molar-refractivity contribution is 0.0693.